The lowest BCUT2D eigenvalue weighted by atomic mass is 9.93. The van der Waals surface area contributed by atoms with Crippen molar-refractivity contribution in [1.29, 1.82) is 0 Å². The summed E-state index contributed by atoms with van der Waals surface area (Å²) < 4.78 is 1.15. The predicted molar refractivity (Wildman–Crippen MR) is 99.3 cm³/mol. The van der Waals surface area contributed by atoms with Crippen molar-refractivity contribution in [2.45, 2.75) is 6.92 Å². The Hall–Kier alpha value is -2.12. The second kappa shape index (κ2) is 5.26. The smallest absolute Gasteiger partial charge is 0.0204 e. The Morgan fingerprint density at radius 1 is 0.682 bits per heavy atom. The van der Waals surface area contributed by atoms with Crippen LogP contribution in [-0.4, -0.2) is 0 Å². The molecule has 0 unspecified atom stereocenters. The normalized spacial score (nSPS) is 11.2. The fourth-order valence-electron chi connectivity index (χ4n) is 3.11. The molecule has 0 fully saturated rings. The average Bonchev–Trinajstić information content (AvgIpc) is 2.57. The van der Waals surface area contributed by atoms with E-state index in [-0.39, 0.29) is 0 Å². The molecule has 0 radical (unpaired) electrons. The van der Waals surface area contributed by atoms with Crippen molar-refractivity contribution in [3.63, 3.8) is 0 Å². The Labute approximate surface area is 138 Å². The Morgan fingerprint density at radius 3 is 2.14 bits per heavy atom. The number of benzene rings is 4. The zero-order valence-electron chi connectivity index (χ0n) is 12.3. The maximum atomic E-state index is 3.59. The van der Waals surface area contributed by atoms with Crippen LogP contribution in [0.1, 0.15) is 5.56 Å². The number of rotatable bonds is 1. The van der Waals surface area contributed by atoms with Crippen LogP contribution in [-0.2, 0) is 0 Å². The number of hydrogen-bond acceptors (Lipinski definition) is 0. The van der Waals surface area contributed by atoms with Gasteiger partial charge in [-0.3, -0.25) is 0 Å². The number of hydrogen-bond donors (Lipinski definition) is 0. The summed E-state index contributed by atoms with van der Waals surface area (Å²) in [5.74, 6) is 0. The number of aryl methyl sites for hydroxylation is 1. The molecule has 0 amide bonds. The summed E-state index contributed by atoms with van der Waals surface area (Å²) in [5, 5.41) is 5.23. The molecule has 106 valence electrons. The molecule has 4 aromatic rings. The largest absolute Gasteiger partial charge is 0.0616 e. The highest BCUT2D eigenvalue weighted by atomic mass is 79.9. The maximum Gasteiger partial charge on any atom is 0.0204 e. The van der Waals surface area contributed by atoms with Gasteiger partial charge in [-0.2, -0.15) is 0 Å². The van der Waals surface area contributed by atoms with Crippen LogP contribution < -0.4 is 0 Å². The standard InChI is InChI=1S/C21H15Br/c1-14-12-16(10-11-21(14)22)20-13-15-6-2-3-7-17(15)18-8-4-5-9-19(18)20/h2-13H,1H3. The minimum atomic E-state index is 1.15. The highest BCUT2D eigenvalue weighted by Gasteiger charge is 2.08. The fourth-order valence-corrected chi connectivity index (χ4v) is 3.35. The van der Waals surface area contributed by atoms with Gasteiger partial charge in [-0.1, -0.05) is 76.6 Å². The highest BCUT2D eigenvalue weighted by molar-refractivity contribution is 9.10. The summed E-state index contributed by atoms with van der Waals surface area (Å²) in [4.78, 5) is 0. The molecule has 0 heterocycles. The summed E-state index contributed by atoms with van der Waals surface area (Å²) in [5.41, 5.74) is 3.82. The van der Waals surface area contributed by atoms with Crippen LogP contribution >= 0.6 is 15.9 Å². The molecule has 0 aliphatic rings. The molecule has 0 spiro atoms. The minimum Gasteiger partial charge on any atom is -0.0616 e. The van der Waals surface area contributed by atoms with Crippen LogP contribution in [0.25, 0.3) is 32.7 Å². The first kappa shape index (κ1) is 13.5. The van der Waals surface area contributed by atoms with Gasteiger partial charge in [-0.25, -0.2) is 0 Å². The predicted octanol–water partition coefficient (Wildman–Crippen LogP) is 6.73. The molecule has 0 atom stereocenters. The van der Waals surface area contributed by atoms with E-state index >= 15 is 0 Å². The van der Waals surface area contributed by atoms with E-state index in [1.165, 1.54) is 38.2 Å². The van der Waals surface area contributed by atoms with Gasteiger partial charge in [0.2, 0.25) is 0 Å². The minimum absolute atomic E-state index is 1.15. The van der Waals surface area contributed by atoms with E-state index in [1.54, 1.807) is 0 Å². The third-order valence-corrected chi connectivity index (χ3v) is 5.13. The molecule has 0 nitrogen and oxygen atoms in total. The Balaban J connectivity index is 2.13. The molecule has 1 heteroatoms. The van der Waals surface area contributed by atoms with E-state index in [9.17, 15) is 0 Å². The van der Waals surface area contributed by atoms with Crippen molar-refractivity contribution < 1.29 is 0 Å². The second-order valence-corrected chi connectivity index (χ2v) is 6.51. The lowest BCUT2D eigenvalue weighted by Gasteiger charge is -2.12. The third-order valence-electron chi connectivity index (χ3n) is 4.24. The van der Waals surface area contributed by atoms with Crippen LogP contribution in [0.15, 0.2) is 77.3 Å². The Bertz CT molecular complexity index is 999. The SMILES string of the molecule is Cc1cc(-c2cc3ccccc3c3ccccc23)ccc1Br. The monoisotopic (exact) mass is 346 g/mol. The van der Waals surface area contributed by atoms with Crippen molar-refractivity contribution in [3.05, 3.63) is 82.8 Å². The van der Waals surface area contributed by atoms with Crippen molar-refractivity contribution in [2.24, 2.45) is 0 Å². The molecular formula is C21H15Br. The highest BCUT2D eigenvalue weighted by Crippen LogP contribution is 2.35. The molecule has 0 N–H and O–H groups in total. The van der Waals surface area contributed by atoms with Crippen molar-refractivity contribution in [3.8, 4) is 11.1 Å². The van der Waals surface area contributed by atoms with Crippen LogP contribution in [0.3, 0.4) is 0 Å². The molecule has 0 bridgehead atoms. The third kappa shape index (κ3) is 2.13. The lowest BCUT2D eigenvalue weighted by molar-refractivity contribution is 1.43. The molecule has 4 aromatic carbocycles. The topological polar surface area (TPSA) is 0 Å². The van der Waals surface area contributed by atoms with Gasteiger partial charge in [0.1, 0.15) is 0 Å². The van der Waals surface area contributed by atoms with Crippen LogP contribution in [0.5, 0.6) is 0 Å². The van der Waals surface area contributed by atoms with E-state index in [1.807, 2.05) is 0 Å². The van der Waals surface area contributed by atoms with Gasteiger partial charge < -0.3 is 0 Å². The number of fused-ring (bicyclic) bond motifs is 3. The van der Waals surface area contributed by atoms with Crippen LogP contribution in [0.2, 0.25) is 0 Å². The van der Waals surface area contributed by atoms with Gasteiger partial charge in [-0.05, 0) is 57.3 Å². The van der Waals surface area contributed by atoms with Gasteiger partial charge in [0.05, 0.1) is 0 Å². The zero-order valence-corrected chi connectivity index (χ0v) is 13.9. The molecule has 4 rings (SSSR count). The van der Waals surface area contributed by atoms with E-state index in [2.05, 4.69) is 95.7 Å². The van der Waals surface area contributed by atoms with Crippen molar-refractivity contribution in [2.75, 3.05) is 0 Å². The van der Waals surface area contributed by atoms with Crippen LogP contribution in [0.4, 0.5) is 0 Å². The van der Waals surface area contributed by atoms with Gasteiger partial charge >= 0.3 is 0 Å². The summed E-state index contributed by atoms with van der Waals surface area (Å²) in [6, 6.07) is 26.2. The summed E-state index contributed by atoms with van der Waals surface area (Å²) in [6.45, 7) is 2.14. The van der Waals surface area contributed by atoms with E-state index in [0.717, 1.165) is 4.47 Å². The molecule has 0 aliphatic carbocycles. The average molecular weight is 347 g/mol. The quantitative estimate of drug-likeness (QED) is 0.335. The summed E-state index contributed by atoms with van der Waals surface area (Å²) >= 11 is 3.59. The van der Waals surface area contributed by atoms with Crippen LogP contribution in [0, 0.1) is 6.92 Å². The molecule has 22 heavy (non-hydrogen) atoms. The maximum absolute atomic E-state index is 3.59. The van der Waals surface area contributed by atoms with Gasteiger partial charge in [-0.15, -0.1) is 0 Å². The Morgan fingerprint density at radius 2 is 1.36 bits per heavy atom. The first-order chi connectivity index (χ1) is 10.7. The van der Waals surface area contributed by atoms with Gasteiger partial charge in [0.25, 0.3) is 0 Å². The van der Waals surface area contributed by atoms with Crippen molar-refractivity contribution in [1.82, 2.24) is 0 Å². The van der Waals surface area contributed by atoms with E-state index in [0.29, 0.717) is 0 Å². The number of halogens is 1. The molecule has 0 aromatic heterocycles. The van der Waals surface area contributed by atoms with Gasteiger partial charge in [0, 0.05) is 4.47 Å². The van der Waals surface area contributed by atoms with Gasteiger partial charge in [0.15, 0.2) is 0 Å². The second-order valence-electron chi connectivity index (χ2n) is 5.65. The van der Waals surface area contributed by atoms with E-state index < -0.39 is 0 Å². The summed E-state index contributed by atoms with van der Waals surface area (Å²) in [6.07, 6.45) is 0. The first-order valence-corrected chi connectivity index (χ1v) is 8.20. The van der Waals surface area contributed by atoms with Crippen molar-refractivity contribution >= 4 is 37.5 Å². The molecule has 0 saturated heterocycles. The first-order valence-electron chi connectivity index (χ1n) is 7.41. The van der Waals surface area contributed by atoms with E-state index in [4.69, 9.17) is 0 Å². The molecule has 0 saturated carbocycles. The molecular weight excluding hydrogens is 332 g/mol. The molecule has 0 aliphatic heterocycles. The fraction of sp³-hybridized carbons (Fsp3) is 0.0476. The Kier molecular flexibility index (Phi) is 3.24. The lowest BCUT2D eigenvalue weighted by Crippen LogP contribution is -1.86. The zero-order chi connectivity index (χ0) is 15.1. The summed E-state index contributed by atoms with van der Waals surface area (Å²) in [7, 11) is 0.